The van der Waals surface area contributed by atoms with E-state index in [0.717, 1.165) is 84.4 Å². The lowest BCUT2D eigenvalue weighted by Gasteiger charge is -2.27. The highest BCUT2D eigenvalue weighted by molar-refractivity contribution is 14.0. The van der Waals surface area contributed by atoms with Crippen molar-refractivity contribution in [2.45, 2.75) is 45.4 Å². The van der Waals surface area contributed by atoms with Gasteiger partial charge in [0.2, 0.25) is 0 Å². The third kappa shape index (κ3) is 10.0. The molecule has 7 nitrogen and oxygen atoms in total. The molecule has 31 heavy (non-hydrogen) atoms. The Bertz CT molecular complexity index is 635. The summed E-state index contributed by atoms with van der Waals surface area (Å²) >= 11 is 0. The summed E-state index contributed by atoms with van der Waals surface area (Å²) in [6.45, 7) is 11.4. The van der Waals surface area contributed by atoms with Crippen molar-refractivity contribution in [2.75, 3.05) is 59.2 Å². The molecule has 0 aromatic heterocycles. The topological polar surface area (TPSA) is 67.4 Å². The number of ether oxygens (including phenoxy) is 3. The van der Waals surface area contributed by atoms with Gasteiger partial charge >= 0.3 is 0 Å². The van der Waals surface area contributed by atoms with Crippen molar-refractivity contribution in [3.05, 3.63) is 35.4 Å². The monoisotopic (exact) mass is 546 g/mol. The number of hydrogen-bond donors (Lipinski definition) is 2. The second-order valence-electron chi connectivity index (χ2n) is 7.84. The van der Waals surface area contributed by atoms with Crippen LogP contribution in [0.2, 0.25) is 0 Å². The number of nitrogens with one attached hydrogen (secondary N) is 2. The van der Waals surface area contributed by atoms with Gasteiger partial charge in [0.05, 0.1) is 32.5 Å². The molecule has 3 rings (SSSR count). The minimum atomic E-state index is 0. The average Bonchev–Trinajstić information content (AvgIpc) is 3.29. The van der Waals surface area contributed by atoms with Crippen molar-refractivity contribution < 1.29 is 14.2 Å². The van der Waals surface area contributed by atoms with E-state index in [-0.39, 0.29) is 24.0 Å². The van der Waals surface area contributed by atoms with Gasteiger partial charge in [0.15, 0.2) is 5.96 Å². The highest BCUT2D eigenvalue weighted by Gasteiger charge is 2.15. The number of guanidine groups is 1. The number of nitrogens with zero attached hydrogens (tertiary/aromatic N) is 2. The molecule has 1 aromatic carbocycles. The van der Waals surface area contributed by atoms with Gasteiger partial charge in [0.1, 0.15) is 0 Å². The second-order valence-corrected chi connectivity index (χ2v) is 7.84. The molecule has 8 heteroatoms. The van der Waals surface area contributed by atoms with Gasteiger partial charge in [-0.3, -0.25) is 4.90 Å². The third-order valence-corrected chi connectivity index (χ3v) is 5.45. The predicted octanol–water partition coefficient (Wildman–Crippen LogP) is 2.78. The number of hydrogen-bond acceptors (Lipinski definition) is 5. The molecule has 2 aliphatic rings. The molecule has 0 radical (unpaired) electrons. The van der Waals surface area contributed by atoms with E-state index >= 15 is 0 Å². The maximum atomic E-state index is 5.74. The van der Waals surface area contributed by atoms with Crippen LogP contribution < -0.4 is 10.6 Å². The van der Waals surface area contributed by atoms with Crippen LogP contribution in [0.3, 0.4) is 0 Å². The van der Waals surface area contributed by atoms with Crippen LogP contribution in [-0.2, 0) is 27.3 Å². The molecule has 1 aromatic rings. The first-order valence-corrected chi connectivity index (χ1v) is 11.4. The Morgan fingerprint density at radius 3 is 2.71 bits per heavy atom. The minimum absolute atomic E-state index is 0. The Morgan fingerprint density at radius 1 is 1.16 bits per heavy atom. The summed E-state index contributed by atoms with van der Waals surface area (Å²) in [6.07, 6.45) is 3.54. The molecule has 0 saturated carbocycles. The van der Waals surface area contributed by atoms with Gasteiger partial charge in [0.25, 0.3) is 0 Å². The molecule has 0 spiro atoms. The quantitative estimate of drug-likeness (QED) is 0.193. The first-order chi connectivity index (χ1) is 14.8. The fourth-order valence-corrected chi connectivity index (χ4v) is 3.74. The Kier molecular flexibility index (Phi) is 13.4. The van der Waals surface area contributed by atoms with Crippen LogP contribution in [0.15, 0.2) is 29.3 Å². The van der Waals surface area contributed by atoms with Crippen molar-refractivity contribution in [3.8, 4) is 0 Å². The summed E-state index contributed by atoms with van der Waals surface area (Å²) in [7, 11) is 0. The Morgan fingerprint density at radius 2 is 1.97 bits per heavy atom. The molecule has 2 saturated heterocycles. The summed E-state index contributed by atoms with van der Waals surface area (Å²) in [5, 5.41) is 6.76. The van der Waals surface area contributed by atoms with Crippen molar-refractivity contribution >= 4 is 29.9 Å². The number of rotatable bonds is 11. The fraction of sp³-hybridized carbons (Fsp3) is 0.696. The summed E-state index contributed by atoms with van der Waals surface area (Å²) < 4.78 is 16.8. The molecule has 1 atom stereocenters. The molecule has 0 amide bonds. The SMILES string of the molecule is CCNC(=NCc1ccccc1CN1CCOCC1)NCCCOCC1CCCO1.I. The van der Waals surface area contributed by atoms with Crippen LogP contribution in [0.4, 0.5) is 0 Å². The van der Waals surface area contributed by atoms with Crippen LogP contribution >= 0.6 is 24.0 Å². The van der Waals surface area contributed by atoms with Crippen LogP contribution in [0, 0.1) is 0 Å². The van der Waals surface area contributed by atoms with Crippen molar-refractivity contribution in [3.63, 3.8) is 0 Å². The zero-order chi connectivity index (χ0) is 20.9. The Hall–Kier alpha value is -0.940. The van der Waals surface area contributed by atoms with Crippen molar-refractivity contribution in [1.82, 2.24) is 15.5 Å². The molecule has 2 fully saturated rings. The van der Waals surface area contributed by atoms with E-state index in [1.54, 1.807) is 0 Å². The summed E-state index contributed by atoms with van der Waals surface area (Å²) in [6, 6.07) is 8.61. The van der Waals surface area contributed by atoms with E-state index < -0.39 is 0 Å². The molecule has 1 unspecified atom stereocenters. The summed E-state index contributed by atoms with van der Waals surface area (Å²) in [4.78, 5) is 7.26. The van der Waals surface area contributed by atoms with Gasteiger partial charge in [-0.1, -0.05) is 24.3 Å². The zero-order valence-corrected chi connectivity index (χ0v) is 21.1. The van der Waals surface area contributed by atoms with Gasteiger partial charge in [-0.2, -0.15) is 0 Å². The van der Waals surface area contributed by atoms with Gasteiger partial charge in [0, 0.05) is 45.9 Å². The Balaban J connectivity index is 0.00000341. The number of aliphatic imine (C=N–C) groups is 1. The largest absolute Gasteiger partial charge is 0.379 e. The molecule has 2 aliphatic heterocycles. The van der Waals surface area contributed by atoms with E-state index in [2.05, 4.69) is 46.7 Å². The molecular formula is C23H39IN4O3. The fourth-order valence-electron chi connectivity index (χ4n) is 3.74. The van der Waals surface area contributed by atoms with Crippen LogP contribution in [-0.4, -0.2) is 76.2 Å². The maximum absolute atomic E-state index is 5.74. The van der Waals surface area contributed by atoms with E-state index in [4.69, 9.17) is 19.2 Å². The van der Waals surface area contributed by atoms with E-state index in [1.807, 2.05) is 0 Å². The van der Waals surface area contributed by atoms with Crippen LogP contribution in [0.1, 0.15) is 37.3 Å². The van der Waals surface area contributed by atoms with E-state index in [1.165, 1.54) is 11.1 Å². The second kappa shape index (κ2) is 15.8. The predicted molar refractivity (Wildman–Crippen MR) is 135 cm³/mol. The highest BCUT2D eigenvalue weighted by Crippen LogP contribution is 2.14. The third-order valence-electron chi connectivity index (χ3n) is 5.45. The normalized spacial score (nSPS) is 19.8. The average molecular weight is 546 g/mol. The maximum Gasteiger partial charge on any atom is 0.191 e. The smallest absolute Gasteiger partial charge is 0.191 e. The van der Waals surface area contributed by atoms with Gasteiger partial charge in [-0.05, 0) is 37.3 Å². The van der Waals surface area contributed by atoms with Gasteiger partial charge in [-0.25, -0.2) is 4.99 Å². The number of halogens is 1. The summed E-state index contributed by atoms with van der Waals surface area (Å²) in [5.41, 5.74) is 2.63. The highest BCUT2D eigenvalue weighted by atomic mass is 127. The molecule has 2 N–H and O–H groups in total. The van der Waals surface area contributed by atoms with Crippen molar-refractivity contribution in [2.24, 2.45) is 4.99 Å². The standard InChI is InChI=1S/C23H38N4O3.HI/c1-2-24-23(25-10-6-13-29-19-22-9-5-14-30-22)26-17-20-7-3-4-8-21(20)18-27-11-15-28-16-12-27;/h3-4,7-8,22H,2,5-6,9-19H2,1H3,(H2,24,25,26);1H. The molecule has 0 bridgehead atoms. The molecular weight excluding hydrogens is 507 g/mol. The number of benzene rings is 1. The van der Waals surface area contributed by atoms with Crippen molar-refractivity contribution in [1.29, 1.82) is 0 Å². The molecule has 176 valence electrons. The number of morpholine rings is 1. The lowest BCUT2D eigenvalue weighted by atomic mass is 10.1. The molecule has 0 aliphatic carbocycles. The van der Waals surface area contributed by atoms with Crippen LogP contribution in [0.25, 0.3) is 0 Å². The van der Waals surface area contributed by atoms with Crippen LogP contribution in [0.5, 0.6) is 0 Å². The lowest BCUT2D eigenvalue weighted by molar-refractivity contribution is 0.0168. The van der Waals surface area contributed by atoms with E-state index in [9.17, 15) is 0 Å². The summed E-state index contributed by atoms with van der Waals surface area (Å²) in [5.74, 6) is 0.859. The zero-order valence-electron chi connectivity index (χ0n) is 18.8. The van der Waals surface area contributed by atoms with E-state index in [0.29, 0.717) is 19.3 Å². The lowest BCUT2D eigenvalue weighted by Crippen LogP contribution is -2.38. The minimum Gasteiger partial charge on any atom is -0.379 e. The first-order valence-electron chi connectivity index (χ1n) is 11.4. The molecule has 2 heterocycles. The van der Waals surface area contributed by atoms with Gasteiger partial charge < -0.3 is 24.8 Å². The Labute approximate surface area is 204 Å². The first kappa shape index (κ1) is 26.3. The van der Waals surface area contributed by atoms with Gasteiger partial charge in [-0.15, -0.1) is 24.0 Å².